The number of nitrogens with zero attached hydrogens (tertiary/aromatic N) is 2. The molecule has 138 valence electrons. The van der Waals surface area contributed by atoms with Crippen LogP contribution in [0.2, 0.25) is 0 Å². The van der Waals surface area contributed by atoms with Crippen LogP contribution in [0.5, 0.6) is 5.75 Å². The third kappa shape index (κ3) is 3.82. The number of aryl methyl sites for hydroxylation is 2. The molecular formula is C18H21N3O3S2. The van der Waals surface area contributed by atoms with E-state index in [1.54, 1.807) is 41.5 Å². The van der Waals surface area contributed by atoms with Crippen LogP contribution in [0, 0.1) is 13.8 Å². The molecule has 0 saturated carbocycles. The van der Waals surface area contributed by atoms with Crippen LogP contribution in [0.15, 0.2) is 53.0 Å². The maximum absolute atomic E-state index is 12.8. The van der Waals surface area contributed by atoms with Gasteiger partial charge in [0.15, 0.2) is 0 Å². The van der Waals surface area contributed by atoms with Gasteiger partial charge in [-0.2, -0.15) is 5.10 Å². The van der Waals surface area contributed by atoms with Gasteiger partial charge >= 0.3 is 0 Å². The molecule has 1 unspecified atom stereocenters. The highest BCUT2D eigenvalue weighted by atomic mass is 32.2. The first-order chi connectivity index (χ1) is 12.4. The van der Waals surface area contributed by atoms with Gasteiger partial charge in [0.1, 0.15) is 5.75 Å². The van der Waals surface area contributed by atoms with Gasteiger partial charge in [-0.3, -0.25) is 4.68 Å². The average molecular weight is 392 g/mol. The Hall–Kier alpha value is -2.16. The number of rotatable bonds is 7. The lowest BCUT2D eigenvalue weighted by Crippen LogP contribution is -2.31. The highest BCUT2D eigenvalue weighted by Gasteiger charge is 2.21. The summed E-state index contributed by atoms with van der Waals surface area (Å²) in [5, 5.41) is 6.24. The molecule has 0 bridgehead atoms. The fourth-order valence-electron chi connectivity index (χ4n) is 2.93. The van der Waals surface area contributed by atoms with Crippen molar-refractivity contribution in [3.63, 3.8) is 0 Å². The number of hydrogen-bond acceptors (Lipinski definition) is 5. The quantitative estimate of drug-likeness (QED) is 0.672. The molecule has 0 fully saturated rings. The SMILES string of the molecule is COc1c(C)cc(S(=O)(=O)NCC(c2cccs2)n2cccn2)cc1C. The largest absolute Gasteiger partial charge is 0.496 e. The van der Waals surface area contributed by atoms with Gasteiger partial charge in [-0.25, -0.2) is 13.1 Å². The molecule has 0 radical (unpaired) electrons. The minimum Gasteiger partial charge on any atom is -0.496 e. The molecule has 0 saturated heterocycles. The number of hydrogen-bond donors (Lipinski definition) is 1. The zero-order valence-electron chi connectivity index (χ0n) is 14.8. The first-order valence-corrected chi connectivity index (χ1v) is 10.5. The van der Waals surface area contributed by atoms with Gasteiger partial charge in [0, 0.05) is 23.8 Å². The van der Waals surface area contributed by atoms with E-state index < -0.39 is 10.0 Å². The second kappa shape index (κ2) is 7.61. The van der Waals surface area contributed by atoms with Crippen molar-refractivity contribution in [3.05, 3.63) is 64.1 Å². The van der Waals surface area contributed by atoms with Crippen molar-refractivity contribution in [2.45, 2.75) is 24.8 Å². The average Bonchev–Trinajstić information content (AvgIpc) is 3.28. The number of ether oxygens (including phenoxy) is 1. The first-order valence-electron chi connectivity index (χ1n) is 8.10. The molecule has 8 heteroatoms. The van der Waals surface area contributed by atoms with E-state index in [9.17, 15) is 8.42 Å². The number of methoxy groups -OCH3 is 1. The smallest absolute Gasteiger partial charge is 0.240 e. The van der Waals surface area contributed by atoms with Crippen molar-refractivity contribution < 1.29 is 13.2 Å². The van der Waals surface area contributed by atoms with Crippen molar-refractivity contribution in [1.82, 2.24) is 14.5 Å². The van der Waals surface area contributed by atoms with E-state index in [1.165, 1.54) is 0 Å². The third-order valence-corrected chi connectivity index (χ3v) is 6.51. The highest BCUT2D eigenvalue weighted by molar-refractivity contribution is 7.89. The topological polar surface area (TPSA) is 73.2 Å². The Morgan fingerprint density at radius 1 is 1.27 bits per heavy atom. The Morgan fingerprint density at radius 3 is 2.54 bits per heavy atom. The molecule has 3 aromatic rings. The van der Waals surface area contributed by atoms with E-state index in [4.69, 9.17) is 4.74 Å². The Morgan fingerprint density at radius 2 is 2.00 bits per heavy atom. The molecule has 1 N–H and O–H groups in total. The lowest BCUT2D eigenvalue weighted by atomic mass is 10.1. The predicted octanol–water partition coefficient (Wildman–Crippen LogP) is 3.14. The van der Waals surface area contributed by atoms with Crippen LogP contribution in [0.1, 0.15) is 22.0 Å². The summed E-state index contributed by atoms with van der Waals surface area (Å²) in [4.78, 5) is 1.28. The van der Waals surface area contributed by atoms with Gasteiger partial charge in [0.05, 0.1) is 18.0 Å². The van der Waals surface area contributed by atoms with Crippen molar-refractivity contribution in [3.8, 4) is 5.75 Å². The van der Waals surface area contributed by atoms with Gasteiger partial charge in [-0.05, 0) is 54.6 Å². The summed E-state index contributed by atoms with van der Waals surface area (Å²) in [7, 11) is -2.07. The van der Waals surface area contributed by atoms with E-state index in [2.05, 4.69) is 9.82 Å². The second-order valence-electron chi connectivity index (χ2n) is 5.96. The summed E-state index contributed by atoms with van der Waals surface area (Å²) in [6, 6.07) is 8.81. The number of nitrogens with one attached hydrogen (secondary N) is 1. The van der Waals surface area contributed by atoms with Crippen LogP contribution in [0.25, 0.3) is 0 Å². The molecule has 2 heterocycles. The Balaban J connectivity index is 1.85. The molecule has 0 amide bonds. The van der Waals surface area contributed by atoms with Gasteiger partial charge in [0.25, 0.3) is 0 Å². The maximum Gasteiger partial charge on any atom is 0.240 e. The summed E-state index contributed by atoms with van der Waals surface area (Å²) in [6.07, 6.45) is 3.52. The lowest BCUT2D eigenvalue weighted by Gasteiger charge is -2.18. The van der Waals surface area contributed by atoms with E-state index in [1.807, 2.05) is 43.6 Å². The highest BCUT2D eigenvalue weighted by Crippen LogP contribution is 2.27. The minimum absolute atomic E-state index is 0.194. The minimum atomic E-state index is -3.65. The molecule has 0 aliphatic rings. The molecule has 1 atom stereocenters. The molecule has 26 heavy (non-hydrogen) atoms. The summed E-state index contributed by atoms with van der Waals surface area (Å²) in [5.41, 5.74) is 1.57. The molecule has 3 rings (SSSR count). The maximum atomic E-state index is 12.8. The Kier molecular flexibility index (Phi) is 5.45. The molecule has 0 aliphatic heterocycles. The van der Waals surface area contributed by atoms with E-state index in [-0.39, 0.29) is 17.5 Å². The molecular weight excluding hydrogens is 370 g/mol. The van der Waals surface area contributed by atoms with E-state index >= 15 is 0 Å². The third-order valence-electron chi connectivity index (χ3n) is 4.13. The number of aromatic nitrogens is 2. The van der Waals surface area contributed by atoms with Crippen LogP contribution in [-0.2, 0) is 10.0 Å². The Labute approximate surface area is 157 Å². The Bertz CT molecular complexity index is 908. The van der Waals surface area contributed by atoms with Crippen LogP contribution < -0.4 is 9.46 Å². The van der Waals surface area contributed by atoms with E-state index in [0.29, 0.717) is 5.75 Å². The fourth-order valence-corrected chi connectivity index (χ4v) is 4.96. The van der Waals surface area contributed by atoms with Gasteiger partial charge in [-0.1, -0.05) is 6.07 Å². The second-order valence-corrected chi connectivity index (χ2v) is 8.71. The molecule has 2 aromatic heterocycles. The van der Waals surface area contributed by atoms with Crippen molar-refractivity contribution >= 4 is 21.4 Å². The number of thiophene rings is 1. The van der Waals surface area contributed by atoms with Crippen molar-refractivity contribution in [1.29, 1.82) is 0 Å². The number of sulfonamides is 1. The standard InChI is InChI=1S/C18H21N3O3S2/c1-13-10-15(11-14(2)18(13)24-3)26(22,23)20-12-16(17-6-4-9-25-17)21-8-5-7-19-21/h4-11,16,20H,12H2,1-3H3. The predicted molar refractivity (Wildman–Crippen MR) is 102 cm³/mol. The van der Waals surface area contributed by atoms with Crippen LogP contribution in [-0.4, -0.2) is 31.9 Å². The van der Waals surface area contributed by atoms with Crippen LogP contribution in [0.3, 0.4) is 0 Å². The monoisotopic (exact) mass is 391 g/mol. The number of benzene rings is 1. The summed E-state index contributed by atoms with van der Waals surface area (Å²) < 4.78 is 35.4. The normalized spacial score (nSPS) is 12.9. The first kappa shape index (κ1) is 18.6. The van der Waals surface area contributed by atoms with Gasteiger partial charge in [0.2, 0.25) is 10.0 Å². The summed E-state index contributed by atoms with van der Waals surface area (Å²) >= 11 is 1.57. The van der Waals surface area contributed by atoms with Crippen LogP contribution in [0.4, 0.5) is 0 Å². The van der Waals surface area contributed by atoms with Crippen LogP contribution >= 0.6 is 11.3 Å². The zero-order valence-corrected chi connectivity index (χ0v) is 16.5. The summed E-state index contributed by atoms with van der Waals surface area (Å²) in [6.45, 7) is 3.89. The van der Waals surface area contributed by atoms with Gasteiger partial charge in [-0.15, -0.1) is 11.3 Å². The molecule has 6 nitrogen and oxygen atoms in total. The molecule has 1 aromatic carbocycles. The van der Waals surface area contributed by atoms with E-state index in [0.717, 1.165) is 16.0 Å². The molecule has 0 spiro atoms. The fraction of sp³-hybridized carbons (Fsp3) is 0.278. The molecule has 0 aliphatic carbocycles. The lowest BCUT2D eigenvalue weighted by molar-refractivity contribution is 0.408. The van der Waals surface area contributed by atoms with Crippen molar-refractivity contribution in [2.75, 3.05) is 13.7 Å². The zero-order chi connectivity index (χ0) is 18.7. The summed E-state index contributed by atoms with van der Waals surface area (Å²) in [5.74, 6) is 0.706. The van der Waals surface area contributed by atoms with Gasteiger partial charge < -0.3 is 4.74 Å². The van der Waals surface area contributed by atoms with Crippen molar-refractivity contribution in [2.24, 2.45) is 0 Å².